The fourth-order valence-electron chi connectivity index (χ4n) is 5.87. The SMILES string of the molecule is COC(=O)CCCC=CC[C@H]1C[C@H]2C[C@@H](C1NC(=O)c1csc3ccc(OC(C)=O)cc13)C2(C)C. The van der Waals surface area contributed by atoms with Crippen LogP contribution in [0.4, 0.5) is 0 Å². The number of hydrogen-bond donors (Lipinski definition) is 1. The molecule has 4 atom stereocenters. The van der Waals surface area contributed by atoms with Crippen LogP contribution >= 0.6 is 11.3 Å². The number of ether oxygens (including phenoxy) is 2. The van der Waals surface area contributed by atoms with Gasteiger partial charge in [-0.15, -0.1) is 11.3 Å². The molecule has 188 valence electrons. The van der Waals surface area contributed by atoms with E-state index in [1.807, 2.05) is 11.4 Å². The van der Waals surface area contributed by atoms with Crippen LogP contribution in [-0.2, 0) is 14.3 Å². The van der Waals surface area contributed by atoms with E-state index in [1.165, 1.54) is 25.4 Å². The Morgan fingerprint density at radius 2 is 2.00 bits per heavy atom. The summed E-state index contributed by atoms with van der Waals surface area (Å²) in [6.07, 6.45) is 9.64. The maximum Gasteiger partial charge on any atom is 0.308 e. The molecule has 7 heteroatoms. The Hall–Kier alpha value is -2.67. The van der Waals surface area contributed by atoms with Crippen LogP contribution in [0.5, 0.6) is 5.75 Å². The fraction of sp³-hybridized carbons (Fsp3) is 0.536. The van der Waals surface area contributed by atoms with Crippen molar-refractivity contribution in [3.8, 4) is 5.75 Å². The topological polar surface area (TPSA) is 81.7 Å². The first-order chi connectivity index (χ1) is 16.7. The number of amides is 1. The molecule has 1 amide bonds. The molecule has 1 heterocycles. The summed E-state index contributed by atoms with van der Waals surface area (Å²) in [7, 11) is 1.42. The summed E-state index contributed by atoms with van der Waals surface area (Å²) < 4.78 is 10.9. The Morgan fingerprint density at radius 3 is 2.71 bits per heavy atom. The summed E-state index contributed by atoms with van der Waals surface area (Å²) in [5.74, 6) is 1.40. The predicted molar refractivity (Wildman–Crippen MR) is 137 cm³/mol. The minimum absolute atomic E-state index is 0.0607. The van der Waals surface area contributed by atoms with Crippen molar-refractivity contribution in [1.29, 1.82) is 0 Å². The highest BCUT2D eigenvalue weighted by Gasteiger charge is 2.57. The molecule has 5 rings (SSSR count). The van der Waals surface area contributed by atoms with E-state index in [2.05, 4.69) is 31.3 Å². The van der Waals surface area contributed by atoms with E-state index in [-0.39, 0.29) is 29.3 Å². The molecule has 0 spiro atoms. The van der Waals surface area contributed by atoms with Gasteiger partial charge < -0.3 is 14.8 Å². The van der Waals surface area contributed by atoms with Gasteiger partial charge in [0.15, 0.2) is 0 Å². The summed E-state index contributed by atoms with van der Waals surface area (Å²) in [4.78, 5) is 36.1. The predicted octanol–water partition coefficient (Wildman–Crippen LogP) is 5.90. The Labute approximate surface area is 211 Å². The smallest absolute Gasteiger partial charge is 0.308 e. The Bertz CT molecular complexity index is 1130. The molecule has 6 nitrogen and oxygen atoms in total. The van der Waals surface area contributed by atoms with Gasteiger partial charge in [-0.3, -0.25) is 14.4 Å². The highest BCUT2D eigenvalue weighted by molar-refractivity contribution is 7.17. The van der Waals surface area contributed by atoms with Gasteiger partial charge in [0.25, 0.3) is 5.91 Å². The molecule has 3 saturated carbocycles. The molecular weight excluding hydrogens is 462 g/mol. The minimum Gasteiger partial charge on any atom is -0.469 e. The summed E-state index contributed by atoms with van der Waals surface area (Å²) in [5, 5.41) is 6.12. The van der Waals surface area contributed by atoms with Crippen LogP contribution in [0.2, 0.25) is 0 Å². The molecule has 0 radical (unpaired) electrons. The molecule has 2 bridgehead atoms. The molecule has 0 aliphatic heterocycles. The minimum atomic E-state index is -0.379. The van der Waals surface area contributed by atoms with E-state index in [1.54, 1.807) is 12.1 Å². The summed E-state index contributed by atoms with van der Waals surface area (Å²) in [5.41, 5.74) is 0.869. The third-order valence-electron chi connectivity index (χ3n) is 8.01. The van der Waals surface area contributed by atoms with Crippen LogP contribution < -0.4 is 10.1 Å². The summed E-state index contributed by atoms with van der Waals surface area (Å²) in [6, 6.07) is 5.55. The number of nitrogens with one attached hydrogen (secondary N) is 1. The molecular formula is C28H35NO5S. The van der Waals surface area contributed by atoms with Crippen LogP contribution in [0.1, 0.15) is 69.7 Å². The highest BCUT2D eigenvalue weighted by Crippen LogP contribution is 2.61. The lowest BCUT2D eigenvalue weighted by molar-refractivity contribution is -0.140. The van der Waals surface area contributed by atoms with Crippen LogP contribution in [0.3, 0.4) is 0 Å². The number of benzene rings is 1. The van der Waals surface area contributed by atoms with Crippen molar-refractivity contribution in [2.75, 3.05) is 7.11 Å². The normalized spacial score (nSPS) is 24.7. The van der Waals surface area contributed by atoms with Gasteiger partial charge in [-0.05, 0) is 73.5 Å². The summed E-state index contributed by atoms with van der Waals surface area (Å²) in [6.45, 7) is 6.03. The van der Waals surface area contributed by atoms with E-state index in [0.717, 1.165) is 42.2 Å². The number of carbonyl (C=O) groups is 3. The van der Waals surface area contributed by atoms with Gasteiger partial charge in [-0.1, -0.05) is 26.0 Å². The number of unbranched alkanes of at least 4 members (excludes halogenated alkanes) is 1. The van der Waals surface area contributed by atoms with Gasteiger partial charge in [-0.2, -0.15) is 0 Å². The monoisotopic (exact) mass is 497 g/mol. The third kappa shape index (κ3) is 5.45. The number of thiophene rings is 1. The maximum atomic E-state index is 13.5. The van der Waals surface area contributed by atoms with Crippen molar-refractivity contribution in [1.82, 2.24) is 5.32 Å². The number of carbonyl (C=O) groups excluding carboxylic acids is 3. The number of fused-ring (bicyclic) bond motifs is 3. The molecule has 1 unspecified atom stereocenters. The first kappa shape index (κ1) is 25.4. The molecule has 35 heavy (non-hydrogen) atoms. The van der Waals surface area contributed by atoms with Gasteiger partial charge in [0.2, 0.25) is 0 Å². The lowest BCUT2D eigenvalue weighted by atomic mass is 9.44. The summed E-state index contributed by atoms with van der Waals surface area (Å²) >= 11 is 1.52. The maximum absolute atomic E-state index is 13.5. The van der Waals surface area contributed by atoms with Gasteiger partial charge in [0.1, 0.15) is 5.75 Å². The van der Waals surface area contributed by atoms with Gasteiger partial charge in [0, 0.05) is 34.9 Å². The molecule has 1 N–H and O–H groups in total. The van der Waals surface area contributed by atoms with E-state index in [0.29, 0.717) is 35.5 Å². The Kier molecular flexibility index (Phi) is 7.64. The van der Waals surface area contributed by atoms with E-state index in [4.69, 9.17) is 9.47 Å². The van der Waals surface area contributed by atoms with Crippen LogP contribution in [0.25, 0.3) is 10.1 Å². The van der Waals surface area contributed by atoms with Crippen molar-refractivity contribution in [3.05, 3.63) is 41.3 Å². The van der Waals surface area contributed by atoms with Crippen LogP contribution in [0.15, 0.2) is 35.7 Å². The standard InChI is InChI=1S/C28H35NO5S/c1-17(30)34-20-11-12-24-21(15-20)22(16-35-24)27(32)29-26-18(13-19-14-23(26)28(19,2)3)9-7-5-6-8-10-25(31)33-4/h5,7,11-12,15-16,18-19,23,26H,6,8-10,13-14H2,1-4H3,(H,29,32)/t18-,19-,23-,26?/m0/s1. The van der Waals surface area contributed by atoms with Gasteiger partial charge in [-0.25, -0.2) is 0 Å². The van der Waals surface area contributed by atoms with Crippen LogP contribution in [0, 0.1) is 23.2 Å². The number of rotatable bonds is 9. The molecule has 3 aliphatic rings. The van der Waals surface area contributed by atoms with Crippen LogP contribution in [-0.4, -0.2) is 31.0 Å². The van der Waals surface area contributed by atoms with Crippen molar-refractivity contribution >= 4 is 39.3 Å². The highest BCUT2D eigenvalue weighted by atomic mass is 32.1. The van der Waals surface area contributed by atoms with Crippen molar-refractivity contribution < 1.29 is 23.9 Å². The largest absolute Gasteiger partial charge is 0.469 e. The lowest BCUT2D eigenvalue weighted by Gasteiger charge is -2.62. The second-order valence-corrected chi connectivity index (χ2v) is 11.3. The average molecular weight is 498 g/mol. The van der Waals surface area contributed by atoms with Crippen molar-refractivity contribution in [3.63, 3.8) is 0 Å². The van der Waals surface area contributed by atoms with E-state index >= 15 is 0 Å². The molecule has 2 aromatic rings. The molecule has 1 aromatic heterocycles. The zero-order valence-corrected chi connectivity index (χ0v) is 21.8. The molecule has 0 saturated heterocycles. The van der Waals surface area contributed by atoms with Crippen molar-refractivity contribution in [2.45, 2.75) is 65.3 Å². The van der Waals surface area contributed by atoms with Gasteiger partial charge in [0.05, 0.1) is 12.7 Å². The van der Waals surface area contributed by atoms with E-state index in [9.17, 15) is 14.4 Å². The lowest BCUT2D eigenvalue weighted by Crippen LogP contribution is -2.63. The Balaban J connectivity index is 1.45. The van der Waals surface area contributed by atoms with Gasteiger partial charge >= 0.3 is 11.9 Å². The number of methoxy groups -OCH3 is 1. The average Bonchev–Trinajstić information content (AvgIpc) is 3.24. The second kappa shape index (κ2) is 10.5. The first-order valence-corrected chi connectivity index (χ1v) is 13.3. The number of allylic oxidation sites excluding steroid dienone is 2. The van der Waals surface area contributed by atoms with E-state index < -0.39 is 0 Å². The molecule has 1 aromatic carbocycles. The number of hydrogen-bond acceptors (Lipinski definition) is 6. The Morgan fingerprint density at radius 1 is 1.20 bits per heavy atom. The third-order valence-corrected chi connectivity index (χ3v) is 8.97. The number of esters is 2. The zero-order valence-electron chi connectivity index (χ0n) is 21.0. The molecule has 3 aliphatic carbocycles. The first-order valence-electron chi connectivity index (χ1n) is 12.4. The molecule has 3 fully saturated rings. The quantitative estimate of drug-likeness (QED) is 0.202. The second-order valence-electron chi connectivity index (χ2n) is 10.4. The zero-order chi connectivity index (χ0) is 25.2. The fourth-order valence-corrected chi connectivity index (χ4v) is 6.79. The van der Waals surface area contributed by atoms with Crippen molar-refractivity contribution in [2.24, 2.45) is 23.2 Å².